The highest BCUT2D eigenvalue weighted by Crippen LogP contribution is 2.22. The van der Waals surface area contributed by atoms with Gasteiger partial charge in [0.25, 0.3) is 0 Å². The minimum atomic E-state index is -0.201. The fourth-order valence-corrected chi connectivity index (χ4v) is 3.21. The highest BCUT2D eigenvalue weighted by molar-refractivity contribution is 5.79. The van der Waals surface area contributed by atoms with Crippen molar-refractivity contribution >= 4 is 11.6 Å². The lowest BCUT2D eigenvalue weighted by atomic mass is 10.1. The number of hydrogen-bond acceptors (Lipinski definition) is 3. The summed E-state index contributed by atoms with van der Waals surface area (Å²) in [6, 6.07) is 13.6. The van der Waals surface area contributed by atoms with E-state index in [0.29, 0.717) is 32.0 Å². The maximum Gasteiger partial charge on any atom is 0.191 e. The number of nitrogens with one attached hydrogen (secondary N) is 2. The second kappa shape index (κ2) is 10.1. The quantitative estimate of drug-likeness (QED) is 0.593. The van der Waals surface area contributed by atoms with Crippen LogP contribution >= 0.6 is 0 Å². The van der Waals surface area contributed by atoms with Crippen LogP contribution in [0, 0.1) is 12.7 Å². The molecule has 0 unspecified atom stereocenters. The third-order valence-electron chi connectivity index (χ3n) is 4.84. The first-order valence-corrected chi connectivity index (χ1v) is 9.85. The van der Waals surface area contributed by atoms with E-state index in [1.807, 2.05) is 36.1 Å². The summed E-state index contributed by atoms with van der Waals surface area (Å²) in [7, 11) is 0. The molecule has 1 heterocycles. The van der Waals surface area contributed by atoms with Gasteiger partial charge in [-0.1, -0.05) is 30.3 Å². The van der Waals surface area contributed by atoms with Crippen LogP contribution in [0.25, 0.3) is 0 Å². The van der Waals surface area contributed by atoms with Gasteiger partial charge in [-0.25, -0.2) is 9.38 Å². The second-order valence-electron chi connectivity index (χ2n) is 6.86. The average Bonchev–Trinajstić information content (AvgIpc) is 2.72. The number of rotatable bonds is 6. The van der Waals surface area contributed by atoms with Gasteiger partial charge in [0.1, 0.15) is 5.82 Å². The smallest absolute Gasteiger partial charge is 0.191 e. The first-order valence-electron chi connectivity index (χ1n) is 9.85. The summed E-state index contributed by atoms with van der Waals surface area (Å²) in [4.78, 5) is 6.63. The lowest BCUT2D eigenvalue weighted by Crippen LogP contribution is -2.37. The molecule has 0 atom stereocenters. The molecule has 2 N–H and O–H groups in total. The average molecular weight is 384 g/mol. The molecular weight excluding hydrogens is 355 g/mol. The molecule has 0 spiro atoms. The Bertz CT molecular complexity index is 803. The molecule has 6 heteroatoms. The minimum absolute atomic E-state index is 0.201. The molecule has 0 saturated carbocycles. The van der Waals surface area contributed by atoms with Crippen LogP contribution in [-0.2, 0) is 17.8 Å². The van der Waals surface area contributed by atoms with Gasteiger partial charge in [0.15, 0.2) is 5.96 Å². The van der Waals surface area contributed by atoms with Crippen LogP contribution in [0.2, 0.25) is 0 Å². The van der Waals surface area contributed by atoms with Crippen LogP contribution in [0.1, 0.15) is 23.6 Å². The first-order chi connectivity index (χ1) is 13.7. The van der Waals surface area contributed by atoms with E-state index in [1.165, 1.54) is 11.1 Å². The fraction of sp³-hybridized carbons (Fsp3) is 0.409. The summed E-state index contributed by atoms with van der Waals surface area (Å²) < 4.78 is 19.9. The number of aryl methyl sites for hydroxylation is 1. The zero-order valence-corrected chi connectivity index (χ0v) is 16.7. The summed E-state index contributed by atoms with van der Waals surface area (Å²) in [6.07, 6.45) is 0. The van der Waals surface area contributed by atoms with Crippen LogP contribution in [0.5, 0.6) is 0 Å². The predicted molar refractivity (Wildman–Crippen MR) is 112 cm³/mol. The Hall–Kier alpha value is -2.60. The van der Waals surface area contributed by atoms with E-state index < -0.39 is 0 Å². The minimum Gasteiger partial charge on any atom is -0.378 e. The number of halogens is 1. The van der Waals surface area contributed by atoms with Crippen molar-refractivity contribution in [3.8, 4) is 0 Å². The lowest BCUT2D eigenvalue weighted by molar-refractivity contribution is 0.122. The fourth-order valence-electron chi connectivity index (χ4n) is 3.21. The summed E-state index contributed by atoms with van der Waals surface area (Å²) in [6.45, 7) is 8.75. The molecule has 2 aromatic carbocycles. The van der Waals surface area contributed by atoms with Gasteiger partial charge in [-0.05, 0) is 42.7 Å². The number of nitrogens with zero attached hydrogens (tertiary/aromatic N) is 2. The Morgan fingerprint density at radius 1 is 1.14 bits per heavy atom. The van der Waals surface area contributed by atoms with Crippen molar-refractivity contribution in [1.82, 2.24) is 10.6 Å². The Morgan fingerprint density at radius 3 is 2.64 bits per heavy atom. The van der Waals surface area contributed by atoms with Crippen molar-refractivity contribution in [3.05, 3.63) is 65.0 Å². The van der Waals surface area contributed by atoms with Crippen LogP contribution in [-0.4, -0.2) is 38.8 Å². The zero-order valence-electron chi connectivity index (χ0n) is 16.7. The van der Waals surface area contributed by atoms with Crippen LogP contribution < -0.4 is 15.5 Å². The molecule has 5 nitrogen and oxygen atoms in total. The molecule has 0 aromatic heterocycles. The van der Waals surface area contributed by atoms with Gasteiger partial charge >= 0.3 is 0 Å². The van der Waals surface area contributed by atoms with Gasteiger partial charge in [0, 0.05) is 26.2 Å². The van der Waals surface area contributed by atoms with Gasteiger partial charge in [0.2, 0.25) is 0 Å². The molecule has 1 aliphatic heterocycles. The number of guanidine groups is 1. The van der Waals surface area contributed by atoms with Crippen molar-refractivity contribution in [2.45, 2.75) is 26.9 Å². The van der Waals surface area contributed by atoms with Gasteiger partial charge < -0.3 is 20.3 Å². The van der Waals surface area contributed by atoms with Crippen LogP contribution in [0.3, 0.4) is 0 Å². The zero-order chi connectivity index (χ0) is 19.8. The standard InChI is InChI=1S/C22H29FN4O/c1-3-24-22(26-16-19-7-5-4-6-17(19)2)25-15-18-8-9-21(20(23)14-18)27-10-12-28-13-11-27/h4-9,14H,3,10-13,15-16H2,1-2H3,(H2,24,25,26). The number of anilines is 1. The second-order valence-corrected chi connectivity index (χ2v) is 6.86. The molecule has 0 radical (unpaired) electrons. The van der Waals surface area contributed by atoms with Crippen molar-refractivity contribution in [1.29, 1.82) is 0 Å². The molecule has 0 aliphatic carbocycles. The van der Waals surface area contributed by atoms with E-state index in [-0.39, 0.29) is 5.82 Å². The molecule has 0 amide bonds. The van der Waals surface area contributed by atoms with Gasteiger partial charge in [0.05, 0.1) is 25.4 Å². The largest absolute Gasteiger partial charge is 0.378 e. The Morgan fingerprint density at radius 2 is 1.93 bits per heavy atom. The molecule has 1 aliphatic rings. The van der Waals surface area contributed by atoms with E-state index in [4.69, 9.17) is 4.74 Å². The number of ether oxygens (including phenoxy) is 1. The molecule has 3 rings (SSSR count). The first kappa shape index (κ1) is 20.1. The topological polar surface area (TPSA) is 48.9 Å². The normalized spacial score (nSPS) is 14.8. The van der Waals surface area contributed by atoms with Crippen molar-refractivity contribution in [3.63, 3.8) is 0 Å². The summed E-state index contributed by atoms with van der Waals surface area (Å²) in [5.74, 6) is 0.524. The molecule has 150 valence electrons. The molecule has 1 saturated heterocycles. The lowest BCUT2D eigenvalue weighted by Gasteiger charge is -2.29. The SMILES string of the molecule is CCNC(=NCc1ccc(N2CCOCC2)c(F)c1)NCc1ccccc1C. The highest BCUT2D eigenvalue weighted by Gasteiger charge is 2.15. The van der Waals surface area contributed by atoms with E-state index in [9.17, 15) is 4.39 Å². The third kappa shape index (κ3) is 5.45. The Balaban J connectivity index is 1.63. The summed E-state index contributed by atoms with van der Waals surface area (Å²) in [5.41, 5.74) is 3.96. The summed E-state index contributed by atoms with van der Waals surface area (Å²) in [5, 5.41) is 6.59. The van der Waals surface area contributed by atoms with Gasteiger partial charge in [-0.3, -0.25) is 0 Å². The molecule has 28 heavy (non-hydrogen) atoms. The highest BCUT2D eigenvalue weighted by atomic mass is 19.1. The van der Waals surface area contributed by atoms with Crippen molar-refractivity contribution in [2.24, 2.45) is 4.99 Å². The predicted octanol–water partition coefficient (Wildman–Crippen LogP) is 3.23. The van der Waals surface area contributed by atoms with Crippen molar-refractivity contribution in [2.75, 3.05) is 37.7 Å². The number of aliphatic imine (C=N–C) groups is 1. The van der Waals surface area contributed by atoms with Crippen LogP contribution in [0.15, 0.2) is 47.5 Å². The van der Waals surface area contributed by atoms with E-state index in [2.05, 4.69) is 34.7 Å². The van der Waals surface area contributed by atoms with E-state index in [1.54, 1.807) is 6.07 Å². The number of benzene rings is 2. The maximum absolute atomic E-state index is 14.6. The van der Waals surface area contributed by atoms with E-state index in [0.717, 1.165) is 31.2 Å². The molecular formula is C22H29FN4O. The summed E-state index contributed by atoms with van der Waals surface area (Å²) >= 11 is 0. The van der Waals surface area contributed by atoms with E-state index >= 15 is 0 Å². The van der Waals surface area contributed by atoms with Gasteiger partial charge in [-0.15, -0.1) is 0 Å². The number of hydrogen-bond donors (Lipinski definition) is 2. The molecule has 2 aromatic rings. The van der Waals surface area contributed by atoms with Crippen molar-refractivity contribution < 1.29 is 9.13 Å². The third-order valence-corrected chi connectivity index (χ3v) is 4.84. The Kier molecular flexibility index (Phi) is 7.25. The number of morpholine rings is 1. The van der Waals surface area contributed by atoms with Gasteiger partial charge in [-0.2, -0.15) is 0 Å². The molecule has 1 fully saturated rings. The Labute approximate surface area is 166 Å². The van der Waals surface area contributed by atoms with Crippen LogP contribution in [0.4, 0.5) is 10.1 Å². The monoisotopic (exact) mass is 384 g/mol. The molecule has 0 bridgehead atoms. The maximum atomic E-state index is 14.6.